The van der Waals surface area contributed by atoms with Crippen LogP contribution in [0.2, 0.25) is 0 Å². The van der Waals surface area contributed by atoms with Gasteiger partial charge < -0.3 is 10.5 Å². The molecule has 0 radical (unpaired) electrons. The number of hydrogen-bond acceptors (Lipinski definition) is 4. The summed E-state index contributed by atoms with van der Waals surface area (Å²) in [6.45, 7) is 2.13. The lowest BCUT2D eigenvalue weighted by Gasteiger charge is -2.33. The lowest BCUT2D eigenvalue weighted by Crippen LogP contribution is -2.41. The van der Waals surface area contributed by atoms with Crippen molar-refractivity contribution in [1.82, 2.24) is 15.2 Å². The van der Waals surface area contributed by atoms with Gasteiger partial charge in [0.25, 0.3) is 0 Å². The van der Waals surface area contributed by atoms with Crippen molar-refractivity contribution in [3.05, 3.63) is 12.2 Å². The van der Waals surface area contributed by atoms with E-state index in [1.807, 2.05) is 0 Å². The molecule has 0 aromatic carbocycles. The first-order valence-corrected chi connectivity index (χ1v) is 4.51. The third kappa shape index (κ3) is 1.45. The summed E-state index contributed by atoms with van der Waals surface area (Å²) in [5, 5.41) is 6.76. The first-order chi connectivity index (χ1) is 6.37. The van der Waals surface area contributed by atoms with Gasteiger partial charge in [-0.3, -0.25) is 5.10 Å². The molecule has 0 atom stereocenters. The minimum Gasteiger partial charge on any atom is -0.381 e. The van der Waals surface area contributed by atoms with Gasteiger partial charge in [0.1, 0.15) is 12.2 Å². The Bertz CT molecular complexity index is 253. The van der Waals surface area contributed by atoms with Gasteiger partial charge in [-0.2, -0.15) is 5.10 Å². The SMILES string of the molecule is NCC1(c2ncn[nH]2)CCOCC1. The van der Waals surface area contributed by atoms with Crippen molar-refractivity contribution in [2.45, 2.75) is 18.3 Å². The van der Waals surface area contributed by atoms with Gasteiger partial charge >= 0.3 is 0 Å². The van der Waals surface area contributed by atoms with Crippen LogP contribution in [0.4, 0.5) is 0 Å². The molecule has 0 bridgehead atoms. The maximum absolute atomic E-state index is 5.79. The summed E-state index contributed by atoms with van der Waals surface area (Å²) in [4.78, 5) is 4.18. The zero-order valence-corrected chi connectivity index (χ0v) is 7.49. The molecule has 72 valence electrons. The number of aromatic amines is 1. The molecule has 1 fully saturated rings. The lowest BCUT2D eigenvalue weighted by molar-refractivity contribution is 0.0500. The van der Waals surface area contributed by atoms with Gasteiger partial charge in [0.05, 0.1) is 0 Å². The molecule has 0 spiro atoms. The molecule has 1 aliphatic rings. The molecule has 1 aromatic rings. The van der Waals surface area contributed by atoms with Crippen LogP contribution < -0.4 is 5.73 Å². The molecule has 0 unspecified atom stereocenters. The molecule has 0 aliphatic carbocycles. The number of aromatic nitrogens is 3. The Labute approximate surface area is 76.7 Å². The van der Waals surface area contributed by atoms with Crippen molar-refractivity contribution >= 4 is 0 Å². The van der Waals surface area contributed by atoms with Crippen LogP contribution >= 0.6 is 0 Å². The normalized spacial score (nSPS) is 21.6. The van der Waals surface area contributed by atoms with Crippen LogP contribution in [0.25, 0.3) is 0 Å². The molecule has 13 heavy (non-hydrogen) atoms. The van der Waals surface area contributed by atoms with E-state index in [-0.39, 0.29) is 5.41 Å². The van der Waals surface area contributed by atoms with E-state index in [9.17, 15) is 0 Å². The number of ether oxygens (including phenoxy) is 1. The summed E-state index contributed by atoms with van der Waals surface area (Å²) in [6.07, 6.45) is 3.39. The Hall–Kier alpha value is -0.940. The van der Waals surface area contributed by atoms with Gasteiger partial charge in [-0.05, 0) is 12.8 Å². The predicted molar refractivity (Wildman–Crippen MR) is 47.2 cm³/mol. The Morgan fingerprint density at radius 1 is 1.54 bits per heavy atom. The summed E-state index contributed by atoms with van der Waals surface area (Å²) in [7, 11) is 0. The van der Waals surface area contributed by atoms with E-state index in [1.54, 1.807) is 0 Å². The molecule has 0 amide bonds. The Morgan fingerprint density at radius 2 is 2.31 bits per heavy atom. The number of nitrogens with two attached hydrogens (primary N) is 1. The van der Waals surface area contributed by atoms with Gasteiger partial charge in [0, 0.05) is 25.2 Å². The van der Waals surface area contributed by atoms with E-state index in [2.05, 4.69) is 15.2 Å². The predicted octanol–water partition coefficient (Wildman–Crippen LogP) is -0.188. The summed E-state index contributed by atoms with van der Waals surface area (Å²) >= 11 is 0. The summed E-state index contributed by atoms with van der Waals surface area (Å²) in [5.41, 5.74) is 5.75. The molecular formula is C8H14N4O. The second-order valence-electron chi connectivity index (χ2n) is 3.43. The molecule has 1 saturated heterocycles. The number of H-pyrrole nitrogens is 1. The highest BCUT2D eigenvalue weighted by atomic mass is 16.5. The summed E-state index contributed by atoms with van der Waals surface area (Å²) in [5.74, 6) is 0.901. The average molecular weight is 182 g/mol. The largest absolute Gasteiger partial charge is 0.381 e. The van der Waals surface area contributed by atoms with Gasteiger partial charge in [-0.15, -0.1) is 0 Å². The van der Waals surface area contributed by atoms with Crippen molar-refractivity contribution in [1.29, 1.82) is 0 Å². The fourth-order valence-corrected chi connectivity index (χ4v) is 1.76. The van der Waals surface area contributed by atoms with Crippen molar-refractivity contribution in [2.75, 3.05) is 19.8 Å². The monoisotopic (exact) mass is 182 g/mol. The molecule has 0 saturated carbocycles. The Balaban J connectivity index is 2.23. The third-order valence-corrected chi connectivity index (χ3v) is 2.76. The molecule has 1 aliphatic heterocycles. The van der Waals surface area contributed by atoms with Crippen LogP contribution in [-0.2, 0) is 10.2 Å². The van der Waals surface area contributed by atoms with Gasteiger partial charge in [0.2, 0.25) is 0 Å². The van der Waals surface area contributed by atoms with E-state index in [0.29, 0.717) is 6.54 Å². The van der Waals surface area contributed by atoms with Gasteiger partial charge in [-0.25, -0.2) is 4.98 Å². The van der Waals surface area contributed by atoms with E-state index in [1.165, 1.54) is 6.33 Å². The first-order valence-electron chi connectivity index (χ1n) is 4.51. The van der Waals surface area contributed by atoms with Gasteiger partial charge in [-0.1, -0.05) is 0 Å². The van der Waals surface area contributed by atoms with Crippen LogP contribution in [-0.4, -0.2) is 34.9 Å². The van der Waals surface area contributed by atoms with Crippen LogP contribution in [0.15, 0.2) is 6.33 Å². The van der Waals surface area contributed by atoms with Crippen LogP contribution in [0.1, 0.15) is 18.7 Å². The van der Waals surface area contributed by atoms with Crippen LogP contribution in [0, 0.1) is 0 Å². The number of rotatable bonds is 2. The Morgan fingerprint density at radius 3 is 2.85 bits per heavy atom. The third-order valence-electron chi connectivity index (χ3n) is 2.76. The zero-order chi connectivity index (χ0) is 9.15. The van der Waals surface area contributed by atoms with E-state index >= 15 is 0 Å². The average Bonchev–Trinajstić information content (AvgIpc) is 2.72. The van der Waals surface area contributed by atoms with Gasteiger partial charge in [0.15, 0.2) is 0 Å². The quantitative estimate of drug-likeness (QED) is 0.664. The molecule has 5 heteroatoms. The highest BCUT2D eigenvalue weighted by Gasteiger charge is 2.35. The maximum Gasteiger partial charge on any atom is 0.137 e. The van der Waals surface area contributed by atoms with Crippen molar-refractivity contribution in [3.63, 3.8) is 0 Å². The van der Waals surface area contributed by atoms with E-state index in [4.69, 9.17) is 10.5 Å². The number of nitrogens with zero attached hydrogens (tertiary/aromatic N) is 2. The van der Waals surface area contributed by atoms with Crippen molar-refractivity contribution in [2.24, 2.45) is 5.73 Å². The zero-order valence-electron chi connectivity index (χ0n) is 7.49. The molecule has 5 nitrogen and oxygen atoms in total. The van der Waals surface area contributed by atoms with E-state index < -0.39 is 0 Å². The van der Waals surface area contributed by atoms with E-state index in [0.717, 1.165) is 31.9 Å². The van der Waals surface area contributed by atoms with Crippen molar-refractivity contribution in [3.8, 4) is 0 Å². The standard InChI is InChI=1S/C8H14N4O/c9-5-8(1-3-13-4-2-8)7-10-6-11-12-7/h6H,1-5,9H2,(H,10,11,12). The lowest BCUT2D eigenvalue weighted by atomic mass is 9.79. The molecule has 1 aromatic heterocycles. The fraction of sp³-hybridized carbons (Fsp3) is 0.750. The minimum atomic E-state index is -0.0330. The molecule has 2 heterocycles. The molecule has 2 rings (SSSR count). The number of nitrogens with one attached hydrogen (secondary N) is 1. The topological polar surface area (TPSA) is 76.8 Å². The second kappa shape index (κ2) is 3.43. The summed E-state index contributed by atoms with van der Waals surface area (Å²) < 4.78 is 5.31. The molecular weight excluding hydrogens is 168 g/mol. The number of hydrogen-bond donors (Lipinski definition) is 2. The Kier molecular flexibility index (Phi) is 2.28. The highest BCUT2D eigenvalue weighted by Crippen LogP contribution is 2.30. The fourth-order valence-electron chi connectivity index (χ4n) is 1.76. The minimum absolute atomic E-state index is 0.0330. The van der Waals surface area contributed by atoms with Crippen LogP contribution in [0.3, 0.4) is 0 Å². The second-order valence-corrected chi connectivity index (χ2v) is 3.43. The smallest absolute Gasteiger partial charge is 0.137 e. The highest BCUT2D eigenvalue weighted by molar-refractivity contribution is 5.08. The molecule has 3 N–H and O–H groups in total. The summed E-state index contributed by atoms with van der Waals surface area (Å²) in [6, 6.07) is 0. The van der Waals surface area contributed by atoms with Crippen molar-refractivity contribution < 1.29 is 4.74 Å². The maximum atomic E-state index is 5.79. The van der Waals surface area contributed by atoms with Crippen LogP contribution in [0.5, 0.6) is 0 Å². The first kappa shape index (κ1) is 8.65.